The van der Waals surface area contributed by atoms with Gasteiger partial charge in [0.15, 0.2) is 0 Å². The minimum absolute atomic E-state index is 0.190. The average Bonchev–Trinajstić information content (AvgIpc) is 1.88. The summed E-state index contributed by atoms with van der Waals surface area (Å²) in [5.41, 5.74) is 1.07. The molecule has 1 heteroatoms. The Labute approximate surface area is 60.7 Å². The molecule has 1 radical (unpaired) electrons. The average molecular weight is 137 g/mol. The molecule has 0 saturated heterocycles. The fourth-order valence-electron chi connectivity index (χ4n) is 0.791. The summed E-state index contributed by atoms with van der Waals surface area (Å²) in [4.78, 5) is 0. The van der Waals surface area contributed by atoms with Gasteiger partial charge in [0.05, 0.1) is 0 Å². The molecule has 0 unspecified atom stereocenters. The van der Waals surface area contributed by atoms with Gasteiger partial charge in [-0.05, 0) is 30.5 Å². The zero-order valence-corrected chi connectivity index (χ0v) is 5.97. The minimum Gasteiger partial charge on any atom is -0.207 e. The van der Waals surface area contributed by atoms with Crippen LogP contribution in [0, 0.1) is 12.7 Å². The van der Waals surface area contributed by atoms with E-state index < -0.39 is 0 Å². The molecule has 0 spiro atoms. The fraction of sp³-hybridized carbons (Fsp3) is 0.222. The quantitative estimate of drug-likeness (QED) is 0.558. The van der Waals surface area contributed by atoms with E-state index >= 15 is 0 Å². The van der Waals surface area contributed by atoms with Crippen LogP contribution in [0.1, 0.15) is 18.4 Å². The molecule has 0 bridgehead atoms. The van der Waals surface area contributed by atoms with Crippen molar-refractivity contribution in [1.82, 2.24) is 0 Å². The molecule has 1 rings (SSSR count). The Morgan fingerprint density at radius 3 is 2.20 bits per heavy atom. The molecule has 0 amide bonds. The molecular weight excluding hydrogens is 127 g/mol. The van der Waals surface area contributed by atoms with E-state index in [4.69, 9.17) is 0 Å². The van der Waals surface area contributed by atoms with Gasteiger partial charge in [-0.2, -0.15) is 0 Å². The molecular formula is C9H10F. The molecule has 1 aromatic carbocycles. The van der Waals surface area contributed by atoms with Crippen molar-refractivity contribution in [3.8, 4) is 0 Å². The maximum absolute atomic E-state index is 12.3. The van der Waals surface area contributed by atoms with E-state index in [1.54, 1.807) is 12.1 Å². The van der Waals surface area contributed by atoms with Crippen LogP contribution in [-0.2, 0) is 0 Å². The Balaban J connectivity index is 2.89. The van der Waals surface area contributed by atoms with Gasteiger partial charge in [-0.1, -0.05) is 19.1 Å². The predicted molar refractivity (Wildman–Crippen MR) is 40.2 cm³/mol. The summed E-state index contributed by atoms with van der Waals surface area (Å²) in [5, 5.41) is 0. The second-order valence-corrected chi connectivity index (χ2v) is 2.45. The van der Waals surface area contributed by atoms with Crippen LogP contribution in [0.3, 0.4) is 0 Å². The third kappa shape index (κ3) is 1.56. The van der Waals surface area contributed by atoms with E-state index in [9.17, 15) is 4.39 Å². The number of rotatable bonds is 1. The summed E-state index contributed by atoms with van der Waals surface area (Å²) in [7, 11) is 0. The normalized spacial score (nSPS) is 10.4. The fourth-order valence-corrected chi connectivity index (χ4v) is 0.791. The molecule has 0 aliphatic rings. The first kappa shape index (κ1) is 7.26. The van der Waals surface area contributed by atoms with Gasteiger partial charge < -0.3 is 0 Å². The van der Waals surface area contributed by atoms with Crippen LogP contribution in [0.25, 0.3) is 0 Å². The van der Waals surface area contributed by atoms with E-state index in [2.05, 4.69) is 6.92 Å². The van der Waals surface area contributed by atoms with Crippen molar-refractivity contribution in [2.45, 2.75) is 12.8 Å². The molecule has 0 nitrogen and oxygen atoms in total. The monoisotopic (exact) mass is 137 g/mol. The lowest BCUT2D eigenvalue weighted by Crippen LogP contribution is -1.86. The second kappa shape index (κ2) is 2.82. The van der Waals surface area contributed by atoms with Crippen molar-refractivity contribution in [2.75, 3.05) is 0 Å². The standard InChI is InChI=1S/C9H10F/c1-7(2)8-3-5-9(10)6-4-8/h3-7H,1H2,2H3/t7-/m0/s1. The predicted octanol–water partition coefficient (Wildman–Crippen LogP) is 2.76. The number of hydrogen-bond donors (Lipinski definition) is 0. The maximum atomic E-state index is 12.3. The molecule has 10 heavy (non-hydrogen) atoms. The lowest BCUT2D eigenvalue weighted by atomic mass is 10.0. The molecule has 0 fully saturated rings. The van der Waals surface area contributed by atoms with Crippen LogP contribution in [-0.4, -0.2) is 0 Å². The van der Waals surface area contributed by atoms with Crippen LogP contribution >= 0.6 is 0 Å². The Bertz CT molecular complexity index is 198. The smallest absolute Gasteiger partial charge is 0.123 e. The first-order chi connectivity index (χ1) is 4.70. The molecule has 0 heterocycles. The second-order valence-electron chi connectivity index (χ2n) is 2.45. The molecule has 0 saturated carbocycles. The molecule has 0 aliphatic heterocycles. The number of halogens is 1. The van der Waals surface area contributed by atoms with Crippen molar-refractivity contribution >= 4 is 0 Å². The molecule has 1 aromatic rings. The van der Waals surface area contributed by atoms with Crippen molar-refractivity contribution in [1.29, 1.82) is 0 Å². The van der Waals surface area contributed by atoms with Crippen LogP contribution in [0.2, 0.25) is 0 Å². The zero-order chi connectivity index (χ0) is 7.56. The first-order valence-electron chi connectivity index (χ1n) is 3.28. The van der Waals surface area contributed by atoms with Gasteiger partial charge in [0, 0.05) is 0 Å². The number of hydrogen-bond acceptors (Lipinski definition) is 0. The molecule has 0 N–H and O–H groups in total. The first-order valence-corrected chi connectivity index (χ1v) is 3.28. The van der Waals surface area contributed by atoms with Gasteiger partial charge in [0.2, 0.25) is 0 Å². The van der Waals surface area contributed by atoms with Crippen molar-refractivity contribution in [3.05, 3.63) is 42.6 Å². The third-order valence-electron chi connectivity index (χ3n) is 1.44. The van der Waals surface area contributed by atoms with Crippen LogP contribution in [0.15, 0.2) is 24.3 Å². The maximum Gasteiger partial charge on any atom is 0.123 e. The highest BCUT2D eigenvalue weighted by molar-refractivity contribution is 5.20. The third-order valence-corrected chi connectivity index (χ3v) is 1.44. The lowest BCUT2D eigenvalue weighted by Gasteiger charge is -2.02. The summed E-state index contributed by atoms with van der Waals surface area (Å²) in [6.45, 7) is 5.80. The molecule has 0 aliphatic carbocycles. The van der Waals surface area contributed by atoms with E-state index in [1.165, 1.54) is 12.1 Å². The summed E-state index contributed by atoms with van der Waals surface area (Å²) in [6, 6.07) is 6.42. The van der Waals surface area contributed by atoms with E-state index in [0.29, 0.717) is 0 Å². The SMILES string of the molecule is [CH2][C@@H](C)c1ccc(F)cc1. The Morgan fingerprint density at radius 2 is 1.80 bits per heavy atom. The van der Waals surface area contributed by atoms with Crippen LogP contribution < -0.4 is 0 Å². The Kier molecular flexibility index (Phi) is 2.05. The van der Waals surface area contributed by atoms with Gasteiger partial charge in [-0.25, -0.2) is 4.39 Å². The molecule has 1 atom stereocenters. The topological polar surface area (TPSA) is 0 Å². The Hall–Kier alpha value is -0.850. The summed E-state index contributed by atoms with van der Waals surface area (Å²) >= 11 is 0. The number of benzene rings is 1. The van der Waals surface area contributed by atoms with E-state index in [-0.39, 0.29) is 11.7 Å². The van der Waals surface area contributed by atoms with Crippen molar-refractivity contribution in [3.63, 3.8) is 0 Å². The summed E-state index contributed by atoms with van der Waals surface area (Å²) < 4.78 is 12.3. The molecule has 0 aromatic heterocycles. The van der Waals surface area contributed by atoms with Gasteiger partial charge in [0.25, 0.3) is 0 Å². The van der Waals surface area contributed by atoms with Crippen molar-refractivity contribution < 1.29 is 4.39 Å². The largest absolute Gasteiger partial charge is 0.207 e. The van der Waals surface area contributed by atoms with Gasteiger partial charge in [0.1, 0.15) is 5.82 Å². The lowest BCUT2D eigenvalue weighted by molar-refractivity contribution is 0.626. The minimum atomic E-state index is -0.190. The Morgan fingerprint density at radius 1 is 1.30 bits per heavy atom. The van der Waals surface area contributed by atoms with Gasteiger partial charge >= 0.3 is 0 Å². The highest BCUT2D eigenvalue weighted by atomic mass is 19.1. The van der Waals surface area contributed by atoms with E-state index in [0.717, 1.165) is 5.56 Å². The highest BCUT2D eigenvalue weighted by Crippen LogP contribution is 2.13. The van der Waals surface area contributed by atoms with E-state index in [1.807, 2.05) is 6.92 Å². The van der Waals surface area contributed by atoms with Crippen LogP contribution in [0.5, 0.6) is 0 Å². The van der Waals surface area contributed by atoms with Gasteiger partial charge in [-0.15, -0.1) is 0 Å². The summed E-state index contributed by atoms with van der Waals surface area (Å²) in [5.74, 6) is 0.0463. The summed E-state index contributed by atoms with van der Waals surface area (Å²) in [6.07, 6.45) is 0. The highest BCUT2D eigenvalue weighted by Gasteiger charge is 1.96. The molecule has 53 valence electrons. The van der Waals surface area contributed by atoms with Crippen LogP contribution in [0.4, 0.5) is 4.39 Å². The van der Waals surface area contributed by atoms with Gasteiger partial charge in [-0.3, -0.25) is 0 Å². The zero-order valence-electron chi connectivity index (χ0n) is 5.97. The van der Waals surface area contributed by atoms with Crippen molar-refractivity contribution in [2.24, 2.45) is 0 Å².